The van der Waals surface area contributed by atoms with Gasteiger partial charge in [0.1, 0.15) is 0 Å². The van der Waals surface area contributed by atoms with Gasteiger partial charge in [0.2, 0.25) is 0 Å². The van der Waals surface area contributed by atoms with Crippen LogP contribution in [0, 0.1) is 0 Å². The van der Waals surface area contributed by atoms with Crippen LogP contribution >= 0.6 is 0 Å². The van der Waals surface area contributed by atoms with Gasteiger partial charge in [-0.05, 0) is 12.8 Å². The van der Waals surface area contributed by atoms with Gasteiger partial charge in [-0.3, -0.25) is 0 Å². The van der Waals surface area contributed by atoms with Crippen LogP contribution in [-0.4, -0.2) is 31.2 Å². The second-order valence-electron chi connectivity index (χ2n) is 3.36. The van der Waals surface area contributed by atoms with Crippen molar-refractivity contribution in [3.05, 3.63) is 0 Å². The third-order valence-corrected chi connectivity index (χ3v) is 2.47. The van der Waals surface area contributed by atoms with E-state index in [0.717, 1.165) is 19.6 Å². The molecule has 2 rings (SSSR count). The lowest BCUT2D eigenvalue weighted by molar-refractivity contribution is 0.347. The third-order valence-electron chi connectivity index (χ3n) is 2.47. The molecule has 0 aromatic rings. The molecular formula is C7H14N3. The van der Waals surface area contributed by atoms with E-state index in [9.17, 15) is 0 Å². The lowest BCUT2D eigenvalue weighted by Crippen LogP contribution is -2.54. The first-order chi connectivity index (χ1) is 4.81. The van der Waals surface area contributed by atoms with Crippen LogP contribution in [0.25, 0.3) is 0 Å². The standard InChI is InChI=1S/C7H14N3/c8-7(1-2-7)6-5-9-3-4-10-6/h6,9H,1-5,8H2. The molecule has 1 atom stereocenters. The molecule has 2 aliphatic rings. The Morgan fingerprint density at radius 1 is 1.50 bits per heavy atom. The Morgan fingerprint density at radius 3 is 2.80 bits per heavy atom. The van der Waals surface area contributed by atoms with Crippen molar-refractivity contribution in [2.24, 2.45) is 5.73 Å². The highest BCUT2D eigenvalue weighted by atomic mass is 15.1. The molecule has 57 valence electrons. The number of piperazine rings is 1. The van der Waals surface area contributed by atoms with Crippen molar-refractivity contribution >= 4 is 0 Å². The summed E-state index contributed by atoms with van der Waals surface area (Å²) in [5, 5.41) is 7.78. The van der Waals surface area contributed by atoms with Crippen molar-refractivity contribution in [1.82, 2.24) is 10.6 Å². The predicted octanol–water partition coefficient (Wildman–Crippen LogP) is -0.946. The zero-order valence-corrected chi connectivity index (χ0v) is 6.14. The largest absolute Gasteiger partial charge is 0.324 e. The van der Waals surface area contributed by atoms with Gasteiger partial charge in [0.05, 0.1) is 6.04 Å². The fraction of sp³-hybridized carbons (Fsp3) is 1.00. The van der Waals surface area contributed by atoms with Gasteiger partial charge in [-0.15, -0.1) is 0 Å². The number of nitrogens with one attached hydrogen (secondary N) is 1. The summed E-state index contributed by atoms with van der Waals surface area (Å²) in [6.07, 6.45) is 2.34. The van der Waals surface area contributed by atoms with E-state index < -0.39 is 0 Å². The number of nitrogens with two attached hydrogens (primary N) is 1. The van der Waals surface area contributed by atoms with E-state index in [-0.39, 0.29) is 5.54 Å². The zero-order chi connectivity index (χ0) is 7.03. The van der Waals surface area contributed by atoms with E-state index >= 15 is 0 Å². The van der Waals surface area contributed by atoms with E-state index in [2.05, 4.69) is 10.6 Å². The molecule has 0 aromatic heterocycles. The second kappa shape index (κ2) is 2.19. The maximum atomic E-state index is 5.99. The smallest absolute Gasteiger partial charge is 0.0550 e. The summed E-state index contributed by atoms with van der Waals surface area (Å²) in [6.45, 7) is 2.98. The van der Waals surface area contributed by atoms with Crippen LogP contribution in [-0.2, 0) is 0 Å². The lowest BCUT2D eigenvalue weighted by atomic mass is 10.1. The van der Waals surface area contributed by atoms with E-state index in [1.165, 1.54) is 12.8 Å². The minimum Gasteiger partial charge on any atom is -0.324 e. The van der Waals surface area contributed by atoms with Gasteiger partial charge in [-0.25, -0.2) is 5.32 Å². The molecule has 1 heterocycles. The molecule has 1 radical (unpaired) electrons. The van der Waals surface area contributed by atoms with Crippen LogP contribution in [0.1, 0.15) is 12.8 Å². The molecule has 0 bridgehead atoms. The van der Waals surface area contributed by atoms with E-state index in [1.807, 2.05) is 0 Å². The van der Waals surface area contributed by atoms with Crippen LogP contribution in [0.3, 0.4) is 0 Å². The van der Waals surface area contributed by atoms with E-state index in [0.29, 0.717) is 6.04 Å². The van der Waals surface area contributed by atoms with Crippen LogP contribution in [0.4, 0.5) is 0 Å². The Balaban J connectivity index is 1.91. The first kappa shape index (κ1) is 6.58. The molecule has 0 spiro atoms. The van der Waals surface area contributed by atoms with Gasteiger partial charge >= 0.3 is 0 Å². The monoisotopic (exact) mass is 140 g/mol. The van der Waals surface area contributed by atoms with E-state index in [1.54, 1.807) is 0 Å². The van der Waals surface area contributed by atoms with E-state index in [4.69, 9.17) is 5.73 Å². The van der Waals surface area contributed by atoms with Crippen LogP contribution in [0.2, 0.25) is 0 Å². The molecule has 1 saturated carbocycles. The Bertz CT molecular complexity index is 125. The normalized spacial score (nSPS) is 37.5. The SMILES string of the molecule is NC1(C2CNCC[N]2)CC1. The van der Waals surface area contributed by atoms with Crippen LogP contribution in [0.15, 0.2) is 0 Å². The van der Waals surface area contributed by atoms with Gasteiger partial charge in [0.15, 0.2) is 0 Å². The lowest BCUT2D eigenvalue weighted by Gasteiger charge is -2.27. The number of nitrogens with zero attached hydrogens (tertiary/aromatic N) is 1. The molecular weight excluding hydrogens is 126 g/mol. The van der Waals surface area contributed by atoms with Gasteiger partial charge in [-0.2, -0.15) is 0 Å². The maximum Gasteiger partial charge on any atom is 0.0550 e. The second-order valence-corrected chi connectivity index (χ2v) is 3.36. The molecule has 1 saturated heterocycles. The molecule has 1 unspecified atom stereocenters. The number of hydrogen-bond donors (Lipinski definition) is 2. The molecule has 3 N–H and O–H groups in total. The van der Waals surface area contributed by atoms with Gasteiger partial charge in [0.25, 0.3) is 0 Å². The van der Waals surface area contributed by atoms with Crippen molar-refractivity contribution < 1.29 is 0 Å². The topological polar surface area (TPSA) is 52.1 Å². The average Bonchev–Trinajstić information content (AvgIpc) is 2.72. The summed E-state index contributed by atoms with van der Waals surface area (Å²) >= 11 is 0. The summed E-state index contributed by atoms with van der Waals surface area (Å²) in [7, 11) is 0. The fourth-order valence-corrected chi connectivity index (χ4v) is 1.47. The van der Waals surface area contributed by atoms with Crippen LogP contribution < -0.4 is 16.4 Å². The highest BCUT2D eigenvalue weighted by Gasteiger charge is 2.46. The Morgan fingerprint density at radius 2 is 2.30 bits per heavy atom. The van der Waals surface area contributed by atoms with Crippen LogP contribution in [0.5, 0.6) is 0 Å². The van der Waals surface area contributed by atoms with Crippen molar-refractivity contribution in [2.45, 2.75) is 24.4 Å². The highest BCUT2D eigenvalue weighted by Crippen LogP contribution is 2.36. The predicted molar refractivity (Wildman–Crippen MR) is 39.8 cm³/mol. The molecule has 1 aliphatic heterocycles. The Kier molecular flexibility index (Phi) is 1.44. The maximum absolute atomic E-state index is 5.99. The Labute approximate surface area is 61.4 Å². The molecule has 0 aromatic carbocycles. The molecule has 1 aliphatic carbocycles. The summed E-state index contributed by atoms with van der Waals surface area (Å²) in [5.41, 5.74) is 6.08. The highest BCUT2D eigenvalue weighted by molar-refractivity contribution is 5.09. The molecule has 0 amide bonds. The summed E-state index contributed by atoms with van der Waals surface area (Å²) in [4.78, 5) is 0. The Hall–Kier alpha value is -0.120. The first-order valence-electron chi connectivity index (χ1n) is 3.97. The average molecular weight is 140 g/mol. The molecule has 3 nitrogen and oxygen atoms in total. The first-order valence-corrected chi connectivity index (χ1v) is 3.97. The van der Waals surface area contributed by atoms with Crippen molar-refractivity contribution in [3.8, 4) is 0 Å². The zero-order valence-electron chi connectivity index (χ0n) is 6.14. The quantitative estimate of drug-likeness (QED) is 0.493. The third kappa shape index (κ3) is 1.05. The van der Waals surface area contributed by atoms with Gasteiger partial charge in [0, 0.05) is 25.2 Å². The molecule has 2 fully saturated rings. The molecule has 10 heavy (non-hydrogen) atoms. The molecule has 3 heteroatoms. The minimum atomic E-state index is 0.0907. The van der Waals surface area contributed by atoms with Gasteiger partial charge in [-0.1, -0.05) is 0 Å². The minimum absolute atomic E-state index is 0.0907. The summed E-state index contributed by atoms with van der Waals surface area (Å²) in [6, 6.07) is 0.404. The van der Waals surface area contributed by atoms with Crippen molar-refractivity contribution in [3.63, 3.8) is 0 Å². The fourth-order valence-electron chi connectivity index (χ4n) is 1.47. The summed E-state index contributed by atoms with van der Waals surface area (Å²) < 4.78 is 0. The number of hydrogen-bond acceptors (Lipinski definition) is 2. The van der Waals surface area contributed by atoms with Gasteiger partial charge < -0.3 is 11.1 Å². The van der Waals surface area contributed by atoms with Crippen molar-refractivity contribution in [2.75, 3.05) is 19.6 Å². The van der Waals surface area contributed by atoms with Crippen molar-refractivity contribution in [1.29, 1.82) is 0 Å². The number of rotatable bonds is 1. The summed E-state index contributed by atoms with van der Waals surface area (Å²) in [5.74, 6) is 0.